The van der Waals surface area contributed by atoms with Crippen LogP contribution in [-0.2, 0) is 6.54 Å². The molecular weight excluding hydrogens is 260 g/mol. The van der Waals surface area contributed by atoms with E-state index in [4.69, 9.17) is 5.73 Å². The van der Waals surface area contributed by atoms with Gasteiger partial charge in [-0.2, -0.15) is 5.10 Å². The monoisotopic (exact) mass is 278 g/mol. The predicted molar refractivity (Wildman–Crippen MR) is 86.6 cm³/mol. The number of hydrogen-bond acceptors (Lipinski definition) is 3. The van der Waals surface area contributed by atoms with Gasteiger partial charge in [0.2, 0.25) is 0 Å². The van der Waals surface area contributed by atoms with E-state index >= 15 is 0 Å². The van der Waals surface area contributed by atoms with Gasteiger partial charge in [-0.15, -0.1) is 0 Å². The van der Waals surface area contributed by atoms with Gasteiger partial charge in [0.25, 0.3) is 0 Å². The fourth-order valence-corrected chi connectivity index (χ4v) is 3.02. The van der Waals surface area contributed by atoms with Gasteiger partial charge in [0.05, 0.1) is 12.1 Å². The standard InChI is InChI=1S/C17H18N4/c1-11-2-4-12(5-3-11)13-9-19-17-15-8-14(18)6-7-16(15)20-21(17)10-13/h2-8,13,19H,9-10,18H2,1H3. The minimum absolute atomic E-state index is 0.449. The topological polar surface area (TPSA) is 55.9 Å². The minimum atomic E-state index is 0.449. The fourth-order valence-electron chi connectivity index (χ4n) is 3.02. The molecule has 0 saturated heterocycles. The number of nitrogens with one attached hydrogen (secondary N) is 1. The zero-order valence-corrected chi connectivity index (χ0v) is 12.0. The second kappa shape index (κ2) is 4.52. The van der Waals surface area contributed by atoms with Crippen LogP contribution in [0.5, 0.6) is 0 Å². The van der Waals surface area contributed by atoms with E-state index in [1.54, 1.807) is 0 Å². The Bertz CT molecular complexity index is 802. The maximum absolute atomic E-state index is 5.88. The van der Waals surface area contributed by atoms with Crippen LogP contribution in [0, 0.1) is 6.92 Å². The molecule has 106 valence electrons. The Morgan fingerprint density at radius 2 is 2.00 bits per heavy atom. The molecular formula is C17H18N4. The first-order valence-electron chi connectivity index (χ1n) is 7.27. The SMILES string of the molecule is Cc1ccc(C2CNc3c4cc(N)ccc4nn3C2)cc1. The second-order valence-electron chi connectivity index (χ2n) is 5.80. The lowest BCUT2D eigenvalue weighted by Crippen LogP contribution is -2.26. The van der Waals surface area contributed by atoms with E-state index < -0.39 is 0 Å². The maximum Gasteiger partial charge on any atom is 0.132 e. The number of aromatic nitrogens is 2. The summed E-state index contributed by atoms with van der Waals surface area (Å²) in [6, 6.07) is 14.7. The van der Waals surface area contributed by atoms with Gasteiger partial charge in [0.15, 0.2) is 0 Å². The van der Waals surface area contributed by atoms with Crippen LogP contribution in [0.3, 0.4) is 0 Å². The van der Waals surface area contributed by atoms with Gasteiger partial charge in [-0.05, 0) is 30.7 Å². The molecule has 1 aromatic heterocycles. The Morgan fingerprint density at radius 1 is 1.19 bits per heavy atom. The highest BCUT2D eigenvalue weighted by molar-refractivity contribution is 5.92. The highest BCUT2D eigenvalue weighted by Crippen LogP contribution is 2.32. The van der Waals surface area contributed by atoms with Crippen LogP contribution in [-0.4, -0.2) is 16.3 Å². The molecule has 1 atom stereocenters. The normalized spacial score (nSPS) is 17.5. The van der Waals surface area contributed by atoms with Gasteiger partial charge in [-0.3, -0.25) is 0 Å². The third kappa shape index (κ3) is 2.03. The molecule has 0 fully saturated rings. The molecule has 4 rings (SSSR count). The van der Waals surface area contributed by atoms with Gasteiger partial charge in [0, 0.05) is 23.5 Å². The Hall–Kier alpha value is -2.49. The lowest BCUT2D eigenvalue weighted by atomic mass is 9.97. The molecule has 4 nitrogen and oxygen atoms in total. The van der Waals surface area contributed by atoms with Crippen LogP contribution in [0.25, 0.3) is 10.9 Å². The Balaban J connectivity index is 1.71. The summed E-state index contributed by atoms with van der Waals surface area (Å²) in [6.45, 7) is 3.95. The van der Waals surface area contributed by atoms with Crippen LogP contribution in [0.2, 0.25) is 0 Å². The number of nitrogens with two attached hydrogens (primary N) is 1. The number of hydrogen-bond donors (Lipinski definition) is 2. The summed E-state index contributed by atoms with van der Waals surface area (Å²) in [5, 5.41) is 9.32. The Labute approximate surface area is 123 Å². The first kappa shape index (κ1) is 12.3. The summed E-state index contributed by atoms with van der Waals surface area (Å²) in [5.41, 5.74) is 10.3. The number of benzene rings is 2. The van der Waals surface area contributed by atoms with E-state index in [9.17, 15) is 0 Å². The van der Waals surface area contributed by atoms with Crippen molar-refractivity contribution in [2.75, 3.05) is 17.6 Å². The zero-order chi connectivity index (χ0) is 14.4. The van der Waals surface area contributed by atoms with Crippen molar-refractivity contribution >= 4 is 22.4 Å². The van der Waals surface area contributed by atoms with Crippen LogP contribution in [0.1, 0.15) is 17.0 Å². The molecule has 3 aromatic rings. The minimum Gasteiger partial charge on any atom is -0.399 e. The van der Waals surface area contributed by atoms with Crippen molar-refractivity contribution in [3.8, 4) is 0 Å². The summed E-state index contributed by atoms with van der Waals surface area (Å²) in [7, 11) is 0. The molecule has 3 N–H and O–H groups in total. The molecule has 2 aromatic carbocycles. The van der Waals surface area contributed by atoms with E-state index in [0.717, 1.165) is 35.5 Å². The average molecular weight is 278 g/mol. The largest absolute Gasteiger partial charge is 0.399 e. The Kier molecular flexibility index (Phi) is 2.64. The van der Waals surface area contributed by atoms with E-state index in [1.807, 2.05) is 18.2 Å². The number of nitrogen functional groups attached to an aromatic ring is 1. The van der Waals surface area contributed by atoms with E-state index in [0.29, 0.717) is 5.92 Å². The second-order valence-corrected chi connectivity index (χ2v) is 5.80. The van der Waals surface area contributed by atoms with Crippen molar-refractivity contribution in [2.24, 2.45) is 0 Å². The van der Waals surface area contributed by atoms with Gasteiger partial charge >= 0.3 is 0 Å². The van der Waals surface area contributed by atoms with Crippen molar-refractivity contribution in [1.29, 1.82) is 0 Å². The molecule has 0 saturated carbocycles. The molecule has 2 heterocycles. The van der Waals surface area contributed by atoms with Crippen LogP contribution < -0.4 is 11.1 Å². The summed E-state index contributed by atoms with van der Waals surface area (Å²) >= 11 is 0. The lowest BCUT2D eigenvalue weighted by Gasteiger charge is -2.25. The smallest absolute Gasteiger partial charge is 0.132 e. The number of rotatable bonds is 1. The van der Waals surface area contributed by atoms with Crippen molar-refractivity contribution in [2.45, 2.75) is 19.4 Å². The van der Waals surface area contributed by atoms with Crippen molar-refractivity contribution in [1.82, 2.24) is 9.78 Å². The summed E-state index contributed by atoms with van der Waals surface area (Å²) in [4.78, 5) is 0. The van der Waals surface area contributed by atoms with Crippen LogP contribution in [0.4, 0.5) is 11.5 Å². The average Bonchev–Trinajstić information content (AvgIpc) is 2.85. The number of anilines is 2. The van der Waals surface area contributed by atoms with Gasteiger partial charge < -0.3 is 11.1 Å². The van der Waals surface area contributed by atoms with E-state index in [2.05, 4.69) is 46.3 Å². The van der Waals surface area contributed by atoms with Crippen molar-refractivity contribution in [3.63, 3.8) is 0 Å². The van der Waals surface area contributed by atoms with Gasteiger partial charge in [0.1, 0.15) is 5.82 Å². The quantitative estimate of drug-likeness (QED) is 0.672. The summed E-state index contributed by atoms with van der Waals surface area (Å²) < 4.78 is 2.07. The maximum atomic E-state index is 5.88. The van der Waals surface area contributed by atoms with Crippen molar-refractivity contribution < 1.29 is 0 Å². The van der Waals surface area contributed by atoms with Crippen LogP contribution in [0.15, 0.2) is 42.5 Å². The van der Waals surface area contributed by atoms with Crippen molar-refractivity contribution in [3.05, 3.63) is 53.6 Å². The molecule has 1 unspecified atom stereocenters. The molecule has 0 spiro atoms. The number of fused-ring (bicyclic) bond motifs is 3. The van der Waals surface area contributed by atoms with Crippen LogP contribution >= 0.6 is 0 Å². The fraction of sp³-hybridized carbons (Fsp3) is 0.235. The summed E-state index contributed by atoms with van der Waals surface area (Å²) in [6.07, 6.45) is 0. The molecule has 0 aliphatic carbocycles. The molecule has 1 aliphatic heterocycles. The predicted octanol–water partition coefficient (Wildman–Crippen LogP) is 3.14. The Morgan fingerprint density at radius 3 is 2.81 bits per heavy atom. The first-order valence-corrected chi connectivity index (χ1v) is 7.27. The number of nitrogens with zero attached hydrogens (tertiary/aromatic N) is 2. The highest BCUT2D eigenvalue weighted by atomic mass is 15.3. The highest BCUT2D eigenvalue weighted by Gasteiger charge is 2.22. The van der Waals surface area contributed by atoms with E-state index in [1.165, 1.54) is 11.1 Å². The van der Waals surface area contributed by atoms with Gasteiger partial charge in [-0.1, -0.05) is 29.8 Å². The molecule has 1 aliphatic rings. The molecule has 21 heavy (non-hydrogen) atoms. The van der Waals surface area contributed by atoms with Gasteiger partial charge in [-0.25, -0.2) is 4.68 Å². The molecule has 0 bridgehead atoms. The lowest BCUT2D eigenvalue weighted by molar-refractivity contribution is 0.509. The molecule has 0 radical (unpaired) electrons. The third-order valence-corrected chi connectivity index (χ3v) is 4.22. The van der Waals surface area contributed by atoms with E-state index in [-0.39, 0.29) is 0 Å². The number of aryl methyl sites for hydroxylation is 1. The zero-order valence-electron chi connectivity index (χ0n) is 12.0. The molecule has 0 amide bonds. The molecule has 4 heteroatoms. The third-order valence-electron chi connectivity index (χ3n) is 4.22. The first-order chi connectivity index (χ1) is 10.2. The summed E-state index contributed by atoms with van der Waals surface area (Å²) in [5.74, 6) is 1.53.